The van der Waals surface area contributed by atoms with E-state index in [1.54, 1.807) is 19.2 Å². The van der Waals surface area contributed by atoms with Crippen LogP contribution in [0.15, 0.2) is 36.4 Å². The van der Waals surface area contributed by atoms with E-state index < -0.39 is 17.5 Å². The van der Waals surface area contributed by atoms with Crippen molar-refractivity contribution in [2.45, 2.75) is 6.10 Å². The lowest BCUT2D eigenvalue weighted by Gasteiger charge is -2.39. The fraction of sp³-hybridized carbons (Fsp3) is 0.235. The normalized spacial score (nSPS) is 14.2. The molecular weight excluding hydrogens is 340 g/mol. The number of likely N-dealkylation sites (tertiary alicyclic amines) is 1. The zero-order valence-corrected chi connectivity index (χ0v) is 13.5. The molecule has 0 N–H and O–H groups in total. The van der Waals surface area contributed by atoms with Gasteiger partial charge in [-0.25, -0.2) is 8.78 Å². The van der Waals surface area contributed by atoms with Gasteiger partial charge >= 0.3 is 0 Å². The highest BCUT2D eigenvalue weighted by atomic mass is 35.5. The van der Waals surface area contributed by atoms with Gasteiger partial charge in [0.1, 0.15) is 6.10 Å². The third-order valence-corrected chi connectivity index (χ3v) is 4.05. The number of hydrogen-bond acceptors (Lipinski definition) is 3. The maximum Gasteiger partial charge on any atom is 0.255 e. The summed E-state index contributed by atoms with van der Waals surface area (Å²) in [6, 6.07) is 8.81. The quantitative estimate of drug-likeness (QED) is 0.789. The van der Waals surface area contributed by atoms with Crippen LogP contribution >= 0.6 is 11.6 Å². The zero-order valence-electron chi connectivity index (χ0n) is 12.8. The number of nitrogens with zero attached hydrogens (tertiary/aromatic N) is 1. The van der Waals surface area contributed by atoms with Crippen LogP contribution in [0.4, 0.5) is 8.78 Å². The van der Waals surface area contributed by atoms with Crippen LogP contribution < -0.4 is 9.47 Å². The molecule has 0 aromatic heterocycles. The van der Waals surface area contributed by atoms with Crippen LogP contribution in [0.3, 0.4) is 0 Å². The third kappa shape index (κ3) is 3.14. The smallest absolute Gasteiger partial charge is 0.255 e. The van der Waals surface area contributed by atoms with Gasteiger partial charge in [-0.1, -0.05) is 23.7 Å². The number of hydrogen-bond donors (Lipinski definition) is 0. The molecule has 7 heteroatoms. The number of amides is 1. The molecule has 126 valence electrons. The minimum atomic E-state index is -1.11. The molecule has 24 heavy (non-hydrogen) atoms. The highest BCUT2D eigenvalue weighted by molar-refractivity contribution is 6.33. The van der Waals surface area contributed by atoms with E-state index in [2.05, 4.69) is 0 Å². The maximum absolute atomic E-state index is 13.3. The standard InChI is InChI=1S/C17H14ClF2NO3/c1-23-15-4-2-3-5-16(15)24-10-8-21(9-10)17(22)11-6-13(19)14(20)7-12(11)18/h2-7,10H,8-9H2,1H3. The summed E-state index contributed by atoms with van der Waals surface area (Å²) in [7, 11) is 1.55. The van der Waals surface area contributed by atoms with E-state index in [-0.39, 0.29) is 16.7 Å². The minimum absolute atomic E-state index is 0.0636. The van der Waals surface area contributed by atoms with Crippen molar-refractivity contribution in [2.75, 3.05) is 20.2 Å². The van der Waals surface area contributed by atoms with Gasteiger partial charge in [0, 0.05) is 0 Å². The van der Waals surface area contributed by atoms with Crippen LogP contribution in [0.2, 0.25) is 5.02 Å². The van der Waals surface area contributed by atoms with E-state index >= 15 is 0 Å². The summed E-state index contributed by atoms with van der Waals surface area (Å²) in [5.41, 5.74) is -0.0636. The Bertz CT molecular complexity index is 778. The minimum Gasteiger partial charge on any atom is -0.493 e. The van der Waals surface area contributed by atoms with Gasteiger partial charge in [-0.05, 0) is 24.3 Å². The molecule has 0 saturated carbocycles. The molecule has 0 spiro atoms. The highest BCUT2D eigenvalue weighted by Gasteiger charge is 2.34. The molecule has 1 saturated heterocycles. The maximum atomic E-state index is 13.3. The number of carbonyl (C=O) groups excluding carboxylic acids is 1. The Hall–Kier alpha value is -2.34. The number of rotatable bonds is 4. The van der Waals surface area contributed by atoms with Crippen LogP contribution in [-0.4, -0.2) is 37.1 Å². The molecule has 2 aromatic rings. The monoisotopic (exact) mass is 353 g/mol. The highest BCUT2D eigenvalue weighted by Crippen LogP contribution is 2.30. The predicted molar refractivity (Wildman–Crippen MR) is 84.7 cm³/mol. The van der Waals surface area contributed by atoms with E-state index in [1.165, 1.54) is 4.90 Å². The first-order valence-corrected chi connectivity index (χ1v) is 7.61. The largest absolute Gasteiger partial charge is 0.493 e. The lowest BCUT2D eigenvalue weighted by atomic mass is 10.1. The van der Waals surface area contributed by atoms with Crippen molar-refractivity contribution in [3.63, 3.8) is 0 Å². The summed E-state index contributed by atoms with van der Waals surface area (Å²) in [5, 5.41) is -0.118. The molecule has 1 aliphatic heterocycles. The van der Waals surface area contributed by atoms with Crippen LogP contribution in [0.1, 0.15) is 10.4 Å². The molecule has 1 amide bonds. The summed E-state index contributed by atoms with van der Waals surface area (Å²) in [6.07, 6.45) is -0.200. The number of ether oxygens (including phenoxy) is 2. The lowest BCUT2D eigenvalue weighted by Crippen LogP contribution is -2.56. The Morgan fingerprint density at radius 3 is 2.46 bits per heavy atom. The van der Waals surface area contributed by atoms with E-state index in [0.29, 0.717) is 24.6 Å². The van der Waals surface area contributed by atoms with Gasteiger partial charge in [0.05, 0.1) is 30.8 Å². The van der Waals surface area contributed by atoms with Gasteiger partial charge in [-0.2, -0.15) is 0 Å². The van der Waals surface area contributed by atoms with Crippen molar-refractivity contribution in [1.82, 2.24) is 4.90 Å². The Balaban J connectivity index is 1.64. The molecule has 2 aromatic carbocycles. The molecule has 3 rings (SSSR count). The van der Waals surface area contributed by atoms with Crippen LogP contribution in [0.5, 0.6) is 11.5 Å². The van der Waals surface area contributed by atoms with Crippen molar-refractivity contribution in [3.05, 3.63) is 58.6 Å². The number of para-hydroxylation sites is 2. The average molecular weight is 354 g/mol. The third-order valence-electron chi connectivity index (χ3n) is 3.74. The van der Waals surface area contributed by atoms with Crippen LogP contribution in [0.25, 0.3) is 0 Å². The average Bonchev–Trinajstić information content (AvgIpc) is 2.53. The molecule has 1 aliphatic rings. The second kappa shape index (κ2) is 6.65. The summed E-state index contributed by atoms with van der Waals surface area (Å²) in [4.78, 5) is 13.8. The van der Waals surface area contributed by atoms with Crippen molar-refractivity contribution < 1.29 is 23.0 Å². The number of halogens is 3. The molecule has 1 fully saturated rings. The van der Waals surface area contributed by atoms with Crippen molar-refractivity contribution in [2.24, 2.45) is 0 Å². The summed E-state index contributed by atoms with van der Waals surface area (Å²) in [6.45, 7) is 0.651. The van der Waals surface area contributed by atoms with Crippen LogP contribution in [-0.2, 0) is 0 Å². The molecule has 0 aliphatic carbocycles. The molecule has 0 atom stereocenters. The second-order valence-corrected chi connectivity index (χ2v) is 5.75. The topological polar surface area (TPSA) is 38.8 Å². The molecule has 0 unspecified atom stereocenters. The van der Waals surface area contributed by atoms with Gasteiger partial charge in [0.2, 0.25) is 0 Å². The molecule has 0 radical (unpaired) electrons. The van der Waals surface area contributed by atoms with E-state index in [4.69, 9.17) is 21.1 Å². The summed E-state index contributed by atoms with van der Waals surface area (Å²) in [5.74, 6) is -1.46. The molecule has 1 heterocycles. The predicted octanol–water partition coefficient (Wildman–Crippen LogP) is 3.53. The molecular formula is C17H14ClF2NO3. The Morgan fingerprint density at radius 1 is 1.17 bits per heavy atom. The van der Waals surface area contributed by atoms with E-state index in [1.807, 2.05) is 12.1 Å². The molecule has 0 bridgehead atoms. The fourth-order valence-electron chi connectivity index (χ4n) is 2.43. The number of carbonyl (C=O) groups is 1. The number of benzene rings is 2. The zero-order chi connectivity index (χ0) is 17.3. The van der Waals surface area contributed by atoms with Gasteiger partial charge in [0.15, 0.2) is 23.1 Å². The SMILES string of the molecule is COc1ccccc1OC1CN(C(=O)c2cc(F)c(F)cc2Cl)C1. The van der Waals surface area contributed by atoms with E-state index in [9.17, 15) is 13.6 Å². The lowest BCUT2D eigenvalue weighted by molar-refractivity contribution is 0.0168. The first-order chi connectivity index (χ1) is 11.5. The van der Waals surface area contributed by atoms with Crippen LogP contribution in [0, 0.1) is 11.6 Å². The van der Waals surface area contributed by atoms with Crippen molar-refractivity contribution in [1.29, 1.82) is 0 Å². The Labute approximate surface area is 142 Å². The molecule has 4 nitrogen and oxygen atoms in total. The summed E-state index contributed by atoms with van der Waals surface area (Å²) < 4.78 is 37.4. The number of methoxy groups -OCH3 is 1. The first-order valence-electron chi connectivity index (χ1n) is 7.23. The second-order valence-electron chi connectivity index (χ2n) is 5.35. The van der Waals surface area contributed by atoms with Gasteiger partial charge in [-0.3, -0.25) is 4.79 Å². The Morgan fingerprint density at radius 2 is 1.79 bits per heavy atom. The van der Waals surface area contributed by atoms with Gasteiger partial charge < -0.3 is 14.4 Å². The summed E-state index contributed by atoms with van der Waals surface area (Å²) >= 11 is 5.83. The first kappa shape index (κ1) is 16.5. The van der Waals surface area contributed by atoms with Crippen molar-refractivity contribution >= 4 is 17.5 Å². The van der Waals surface area contributed by atoms with Gasteiger partial charge in [-0.15, -0.1) is 0 Å². The Kier molecular flexibility index (Phi) is 4.57. The van der Waals surface area contributed by atoms with Gasteiger partial charge in [0.25, 0.3) is 5.91 Å². The fourth-order valence-corrected chi connectivity index (χ4v) is 2.66. The van der Waals surface area contributed by atoms with E-state index in [0.717, 1.165) is 12.1 Å². The van der Waals surface area contributed by atoms with Crippen molar-refractivity contribution in [3.8, 4) is 11.5 Å².